The number of ether oxygens (including phenoxy) is 1. The number of nitrogens with zero attached hydrogens (tertiary/aromatic N) is 3. The minimum atomic E-state index is -3.03. The largest absolute Gasteiger partial charge is 0.487 e. The summed E-state index contributed by atoms with van der Waals surface area (Å²) in [5, 5.41) is 0. The molecule has 1 saturated heterocycles. The minimum absolute atomic E-state index is 0.0367. The van der Waals surface area contributed by atoms with E-state index in [1.54, 1.807) is 31.3 Å². The van der Waals surface area contributed by atoms with Crippen molar-refractivity contribution in [3.05, 3.63) is 65.6 Å². The molecule has 4 rings (SSSR count). The quantitative estimate of drug-likeness (QED) is 0.642. The molecule has 2 aromatic heterocycles. The molecule has 8 heteroatoms. The van der Waals surface area contributed by atoms with Crippen molar-refractivity contribution in [1.29, 1.82) is 0 Å². The summed E-state index contributed by atoms with van der Waals surface area (Å²) in [5.74, 6) is 0.634. The van der Waals surface area contributed by atoms with Crippen LogP contribution < -0.4 is 4.74 Å². The van der Waals surface area contributed by atoms with Crippen molar-refractivity contribution >= 4 is 21.4 Å². The Balaban J connectivity index is 1.38. The second-order valence-corrected chi connectivity index (χ2v) is 9.72. The molecule has 1 aliphatic heterocycles. The number of aryl methyl sites for hydroxylation is 1. The molecule has 0 aliphatic carbocycles. The molecule has 0 N–H and O–H groups in total. The highest BCUT2D eigenvalue weighted by molar-refractivity contribution is 7.91. The number of hydrogen-bond acceptors (Lipinski definition) is 5. The number of aromatic nitrogens is 2. The highest BCUT2D eigenvalue weighted by atomic mass is 32.2. The lowest BCUT2D eigenvalue weighted by molar-refractivity contribution is 0.0747. The predicted molar refractivity (Wildman–Crippen MR) is 110 cm³/mol. The molecule has 0 spiro atoms. The molecule has 0 unspecified atom stereocenters. The van der Waals surface area contributed by atoms with Crippen molar-refractivity contribution in [2.75, 3.05) is 18.6 Å². The van der Waals surface area contributed by atoms with Crippen LogP contribution in [-0.4, -0.2) is 53.2 Å². The zero-order valence-corrected chi connectivity index (χ0v) is 17.2. The summed E-state index contributed by atoms with van der Waals surface area (Å²) >= 11 is 0. The number of rotatable bonds is 5. The molecule has 1 fully saturated rings. The molecule has 0 radical (unpaired) electrons. The van der Waals surface area contributed by atoms with Crippen LogP contribution in [0.4, 0.5) is 0 Å². The van der Waals surface area contributed by atoms with Crippen molar-refractivity contribution in [2.24, 2.45) is 0 Å². The molecule has 1 atom stereocenters. The van der Waals surface area contributed by atoms with Gasteiger partial charge in [0.25, 0.3) is 5.91 Å². The van der Waals surface area contributed by atoms with E-state index >= 15 is 0 Å². The monoisotopic (exact) mass is 413 g/mol. The Bertz CT molecular complexity index is 1150. The van der Waals surface area contributed by atoms with E-state index in [-0.39, 0.29) is 23.5 Å². The molecule has 7 nitrogen and oxygen atoms in total. The summed E-state index contributed by atoms with van der Waals surface area (Å²) in [6.07, 6.45) is 4.44. The van der Waals surface area contributed by atoms with Gasteiger partial charge in [-0.3, -0.25) is 4.79 Å². The molecule has 0 bridgehead atoms. The van der Waals surface area contributed by atoms with Crippen LogP contribution in [0.2, 0.25) is 0 Å². The van der Waals surface area contributed by atoms with Crippen LogP contribution in [0.25, 0.3) is 5.65 Å². The maximum absolute atomic E-state index is 12.6. The van der Waals surface area contributed by atoms with E-state index in [9.17, 15) is 13.2 Å². The van der Waals surface area contributed by atoms with Crippen molar-refractivity contribution in [3.63, 3.8) is 0 Å². The maximum Gasteiger partial charge on any atom is 0.253 e. The molecule has 1 aliphatic rings. The van der Waals surface area contributed by atoms with Crippen molar-refractivity contribution in [3.8, 4) is 5.75 Å². The molecular formula is C21H23N3O4S. The number of amides is 1. The van der Waals surface area contributed by atoms with Gasteiger partial charge in [0.15, 0.2) is 9.84 Å². The first-order valence-corrected chi connectivity index (χ1v) is 11.3. The normalized spacial score (nSPS) is 18.1. The fraction of sp³-hybridized carbons (Fsp3) is 0.333. The Morgan fingerprint density at radius 1 is 1.21 bits per heavy atom. The van der Waals surface area contributed by atoms with E-state index in [0.29, 0.717) is 24.3 Å². The number of benzene rings is 1. The molecule has 152 valence electrons. The van der Waals surface area contributed by atoms with Gasteiger partial charge in [0, 0.05) is 31.0 Å². The lowest BCUT2D eigenvalue weighted by Crippen LogP contribution is -2.37. The fourth-order valence-corrected chi connectivity index (χ4v) is 5.30. The first-order valence-electron chi connectivity index (χ1n) is 9.45. The number of imidazole rings is 1. The average molecular weight is 413 g/mol. The summed E-state index contributed by atoms with van der Waals surface area (Å²) in [6, 6.07) is 10.6. The van der Waals surface area contributed by atoms with E-state index in [1.807, 2.05) is 35.9 Å². The van der Waals surface area contributed by atoms with Crippen LogP contribution in [0.3, 0.4) is 0 Å². The first kappa shape index (κ1) is 19.4. The van der Waals surface area contributed by atoms with Crippen molar-refractivity contribution < 1.29 is 17.9 Å². The second-order valence-electron chi connectivity index (χ2n) is 7.49. The van der Waals surface area contributed by atoms with Crippen molar-refractivity contribution in [1.82, 2.24) is 14.3 Å². The van der Waals surface area contributed by atoms with Gasteiger partial charge in [0.05, 0.1) is 17.2 Å². The molecule has 3 heterocycles. The van der Waals surface area contributed by atoms with Crippen LogP contribution >= 0.6 is 0 Å². The molecule has 1 aromatic carbocycles. The topological polar surface area (TPSA) is 81.0 Å². The van der Waals surface area contributed by atoms with Crippen LogP contribution in [0.5, 0.6) is 5.75 Å². The minimum Gasteiger partial charge on any atom is -0.487 e. The fourth-order valence-electron chi connectivity index (χ4n) is 3.53. The standard InChI is InChI=1S/C21H23N3O4S/c1-15-3-8-20-22-17(12-24(20)11-15)13-28-19-6-4-16(5-7-19)21(25)23(2)18-9-10-29(26,27)14-18/h3-8,11-12,18H,9-10,13-14H2,1-2H3/t18-/m1/s1. The van der Waals surface area contributed by atoms with Gasteiger partial charge in [-0.05, 0) is 49.2 Å². The van der Waals surface area contributed by atoms with Crippen LogP contribution in [-0.2, 0) is 16.4 Å². The number of carbonyl (C=O) groups excluding carboxylic acids is 1. The van der Waals surface area contributed by atoms with Crippen LogP contribution in [0.1, 0.15) is 28.0 Å². The number of carbonyl (C=O) groups is 1. The molecule has 1 amide bonds. The number of hydrogen-bond donors (Lipinski definition) is 0. The predicted octanol–water partition coefficient (Wildman–Crippen LogP) is 2.48. The summed E-state index contributed by atoms with van der Waals surface area (Å²) in [5.41, 5.74) is 3.35. The lowest BCUT2D eigenvalue weighted by Gasteiger charge is -2.23. The Hall–Kier alpha value is -2.87. The van der Waals surface area contributed by atoms with Gasteiger partial charge in [-0.25, -0.2) is 13.4 Å². The summed E-state index contributed by atoms with van der Waals surface area (Å²) in [7, 11) is -1.37. The van der Waals surface area contributed by atoms with Gasteiger partial charge < -0.3 is 14.0 Å². The zero-order valence-electron chi connectivity index (χ0n) is 16.4. The number of pyridine rings is 1. The van der Waals surface area contributed by atoms with Gasteiger partial charge >= 0.3 is 0 Å². The average Bonchev–Trinajstić information content (AvgIpc) is 3.27. The maximum atomic E-state index is 12.6. The van der Waals surface area contributed by atoms with E-state index in [4.69, 9.17) is 4.74 Å². The number of sulfone groups is 1. The summed E-state index contributed by atoms with van der Waals surface area (Å²) < 4.78 is 31.1. The molecule has 0 saturated carbocycles. The molecule has 3 aromatic rings. The zero-order chi connectivity index (χ0) is 20.6. The second kappa shape index (κ2) is 7.51. The van der Waals surface area contributed by atoms with E-state index in [2.05, 4.69) is 4.98 Å². The smallest absolute Gasteiger partial charge is 0.253 e. The first-order chi connectivity index (χ1) is 13.8. The highest BCUT2D eigenvalue weighted by Gasteiger charge is 2.33. The Morgan fingerprint density at radius 3 is 2.66 bits per heavy atom. The molecule has 29 heavy (non-hydrogen) atoms. The third-order valence-corrected chi connectivity index (χ3v) is 6.96. The van der Waals surface area contributed by atoms with Gasteiger partial charge in [-0.15, -0.1) is 0 Å². The SMILES string of the molecule is Cc1ccc2nc(COc3ccc(C(=O)N(C)[C@@H]4CCS(=O)(=O)C4)cc3)cn2c1. The summed E-state index contributed by atoms with van der Waals surface area (Å²) in [4.78, 5) is 18.7. The van der Waals surface area contributed by atoms with Crippen LogP contribution in [0, 0.1) is 6.92 Å². The lowest BCUT2D eigenvalue weighted by atomic mass is 10.1. The number of fused-ring (bicyclic) bond motifs is 1. The molecular weight excluding hydrogens is 390 g/mol. The highest BCUT2D eigenvalue weighted by Crippen LogP contribution is 2.20. The Labute approximate surface area is 169 Å². The van der Waals surface area contributed by atoms with Gasteiger partial charge in [-0.2, -0.15) is 0 Å². The van der Waals surface area contributed by atoms with E-state index in [1.165, 1.54) is 4.90 Å². The third kappa shape index (κ3) is 4.27. The van der Waals surface area contributed by atoms with Gasteiger partial charge in [-0.1, -0.05) is 6.07 Å². The van der Waals surface area contributed by atoms with E-state index < -0.39 is 9.84 Å². The summed E-state index contributed by atoms with van der Waals surface area (Å²) in [6.45, 7) is 2.36. The van der Waals surface area contributed by atoms with E-state index in [0.717, 1.165) is 16.9 Å². The van der Waals surface area contributed by atoms with Gasteiger partial charge in [0.2, 0.25) is 0 Å². The van der Waals surface area contributed by atoms with Crippen molar-refractivity contribution in [2.45, 2.75) is 26.0 Å². The Kier molecular flexibility index (Phi) is 5.04. The van der Waals surface area contributed by atoms with Crippen LogP contribution in [0.15, 0.2) is 48.8 Å². The van der Waals surface area contributed by atoms with Gasteiger partial charge in [0.1, 0.15) is 18.0 Å². The third-order valence-electron chi connectivity index (χ3n) is 5.21. The Morgan fingerprint density at radius 2 is 1.97 bits per heavy atom.